The molecule has 0 radical (unpaired) electrons. The van der Waals surface area contributed by atoms with Crippen molar-refractivity contribution in [2.24, 2.45) is 0 Å². The molecule has 0 N–H and O–H groups in total. The summed E-state index contributed by atoms with van der Waals surface area (Å²) >= 11 is 0. The first kappa shape index (κ1) is 38.0. The lowest BCUT2D eigenvalue weighted by molar-refractivity contribution is 0.370. The Morgan fingerprint density at radius 2 is 0.906 bits per heavy atom. The largest absolute Gasteiger partial charge is 0.455 e. The van der Waals surface area contributed by atoms with E-state index in [2.05, 4.69) is 102 Å². The maximum Gasteiger partial charge on any atom is 0.144 e. The fourth-order valence-corrected chi connectivity index (χ4v) is 11.0. The summed E-state index contributed by atoms with van der Waals surface area (Å²) in [6, 6.07) is 24.0. The smallest absolute Gasteiger partial charge is 0.144 e. The van der Waals surface area contributed by atoms with E-state index in [1.54, 1.807) is 22.3 Å². The second-order valence-corrected chi connectivity index (χ2v) is 17.3. The number of unbranched alkanes of at least 4 members (excludes halogenated alkanes) is 12. The van der Waals surface area contributed by atoms with E-state index in [9.17, 15) is 0 Å². The zero-order valence-electron chi connectivity index (χ0n) is 34.3. The van der Waals surface area contributed by atoms with Gasteiger partial charge in [-0.15, -0.1) is 0 Å². The summed E-state index contributed by atoms with van der Waals surface area (Å²) in [6.07, 6.45) is 25.8. The summed E-state index contributed by atoms with van der Waals surface area (Å²) in [5.74, 6) is 0. The second-order valence-electron chi connectivity index (χ2n) is 17.3. The SMILES string of the molecule is CCCCCCC1(CCCCCC)c2cc(C)ccc2-c2c1c1c(c3c2oc2ccccc23)-c2ccc(C)cc2C1(CCCCCC)CCCCCC. The molecule has 0 fully saturated rings. The summed E-state index contributed by atoms with van der Waals surface area (Å²) in [6.45, 7) is 14.1. The van der Waals surface area contributed by atoms with E-state index in [0.29, 0.717) is 0 Å². The maximum atomic E-state index is 7.22. The highest BCUT2D eigenvalue weighted by atomic mass is 16.3. The third-order valence-electron chi connectivity index (χ3n) is 13.5. The van der Waals surface area contributed by atoms with Crippen molar-refractivity contribution in [3.8, 4) is 22.3 Å². The van der Waals surface area contributed by atoms with E-state index in [-0.39, 0.29) is 10.8 Å². The average Bonchev–Trinajstić information content (AvgIpc) is 3.77. The highest BCUT2D eigenvalue weighted by Gasteiger charge is 2.53. The number of furan rings is 1. The van der Waals surface area contributed by atoms with Crippen LogP contribution in [0, 0.1) is 13.8 Å². The van der Waals surface area contributed by atoms with Gasteiger partial charge in [-0.05, 0) is 84.5 Å². The van der Waals surface area contributed by atoms with Gasteiger partial charge in [0.2, 0.25) is 0 Å². The van der Waals surface area contributed by atoms with E-state index < -0.39 is 0 Å². The van der Waals surface area contributed by atoms with Gasteiger partial charge in [0.05, 0.1) is 0 Å². The minimum absolute atomic E-state index is 0.00396. The van der Waals surface area contributed by atoms with Crippen molar-refractivity contribution in [3.05, 3.63) is 94.0 Å². The number of hydrogen-bond donors (Lipinski definition) is 0. The first-order chi connectivity index (χ1) is 26.0. The second kappa shape index (κ2) is 16.6. The maximum absolute atomic E-state index is 7.22. The van der Waals surface area contributed by atoms with Crippen LogP contribution < -0.4 is 0 Å². The fourth-order valence-electron chi connectivity index (χ4n) is 11.0. The molecule has 1 aromatic heterocycles. The molecule has 0 spiro atoms. The van der Waals surface area contributed by atoms with Crippen molar-refractivity contribution in [3.63, 3.8) is 0 Å². The molecular weight excluding hydrogens is 641 g/mol. The van der Waals surface area contributed by atoms with Crippen molar-refractivity contribution in [2.75, 3.05) is 0 Å². The average molecular weight is 709 g/mol. The summed E-state index contributed by atoms with van der Waals surface area (Å²) in [4.78, 5) is 0. The Morgan fingerprint density at radius 1 is 0.472 bits per heavy atom. The molecule has 5 aromatic rings. The van der Waals surface area contributed by atoms with E-state index in [1.807, 2.05) is 0 Å². The molecule has 7 rings (SSSR count). The quantitative estimate of drug-likeness (QED) is 0.0734. The van der Waals surface area contributed by atoms with Gasteiger partial charge >= 0.3 is 0 Å². The van der Waals surface area contributed by atoms with Crippen molar-refractivity contribution < 1.29 is 4.42 Å². The molecule has 4 aromatic carbocycles. The van der Waals surface area contributed by atoms with Crippen LogP contribution in [0.4, 0.5) is 0 Å². The number of para-hydroxylation sites is 1. The third-order valence-corrected chi connectivity index (χ3v) is 13.5. The molecule has 0 amide bonds. The van der Waals surface area contributed by atoms with Crippen LogP contribution in [0.2, 0.25) is 0 Å². The van der Waals surface area contributed by atoms with Crippen molar-refractivity contribution in [1.82, 2.24) is 0 Å². The molecule has 0 saturated heterocycles. The molecular formula is C52H68O. The summed E-state index contributed by atoms with van der Waals surface area (Å²) in [7, 11) is 0. The zero-order valence-corrected chi connectivity index (χ0v) is 34.3. The molecule has 1 heterocycles. The van der Waals surface area contributed by atoms with Crippen LogP contribution in [0.25, 0.3) is 44.2 Å². The molecule has 0 aliphatic heterocycles. The lowest BCUT2D eigenvalue weighted by atomic mass is 9.62. The molecule has 1 heteroatoms. The number of aryl methyl sites for hydroxylation is 2. The van der Waals surface area contributed by atoms with Crippen LogP contribution in [0.15, 0.2) is 65.1 Å². The fraction of sp³-hybridized carbons (Fsp3) is 0.538. The Bertz CT molecular complexity index is 1990. The van der Waals surface area contributed by atoms with Gasteiger partial charge in [0, 0.05) is 27.2 Å². The normalized spacial score (nSPS) is 14.9. The summed E-state index contributed by atoms with van der Waals surface area (Å²) in [5.41, 5.74) is 17.5. The molecule has 0 unspecified atom stereocenters. The van der Waals surface area contributed by atoms with E-state index in [1.165, 1.54) is 173 Å². The van der Waals surface area contributed by atoms with Gasteiger partial charge in [-0.25, -0.2) is 0 Å². The Morgan fingerprint density at radius 3 is 1.38 bits per heavy atom. The van der Waals surface area contributed by atoms with Gasteiger partial charge in [-0.2, -0.15) is 0 Å². The van der Waals surface area contributed by atoms with Gasteiger partial charge in [-0.3, -0.25) is 0 Å². The van der Waals surface area contributed by atoms with Crippen LogP contribution >= 0.6 is 0 Å². The van der Waals surface area contributed by atoms with Crippen LogP contribution in [-0.2, 0) is 10.8 Å². The number of hydrogen-bond acceptors (Lipinski definition) is 1. The first-order valence-electron chi connectivity index (χ1n) is 22.2. The third kappa shape index (κ3) is 6.72. The van der Waals surface area contributed by atoms with Crippen molar-refractivity contribution in [2.45, 2.75) is 181 Å². The lowest BCUT2D eigenvalue weighted by Gasteiger charge is -2.40. The van der Waals surface area contributed by atoms with Crippen molar-refractivity contribution >= 4 is 21.9 Å². The zero-order chi connectivity index (χ0) is 37.0. The van der Waals surface area contributed by atoms with Crippen molar-refractivity contribution in [1.29, 1.82) is 0 Å². The number of rotatable bonds is 20. The summed E-state index contributed by atoms with van der Waals surface area (Å²) in [5, 5.41) is 2.67. The molecule has 53 heavy (non-hydrogen) atoms. The monoisotopic (exact) mass is 709 g/mol. The topological polar surface area (TPSA) is 13.1 Å². The minimum atomic E-state index is -0.00933. The molecule has 2 aliphatic carbocycles. The van der Waals surface area contributed by atoms with Gasteiger partial charge in [-0.1, -0.05) is 196 Å². The van der Waals surface area contributed by atoms with Crippen LogP contribution in [-0.4, -0.2) is 0 Å². The van der Waals surface area contributed by atoms with E-state index >= 15 is 0 Å². The van der Waals surface area contributed by atoms with E-state index in [4.69, 9.17) is 4.42 Å². The molecule has 2 aliphatic rings. The predicted molar refractivity (Wildman–Crippen MR) is 231 cm³/mol. The molecule has 1 nitrogen and oxygen atoms in total. The molecule has 0 atom stereocenters. The molecule has 0 saturated carbocycles. The Hall–Kier alpha value is -3.32. The van der Waals surface area contributed by atoms with Gasteiger partial charge < -0.3 is 4.42 Å². The van der Waals surface area contributed by atoms with Gasteiger partial charge in [0.15, 0.2) is 0 Å². The Balaban J connectivity index is 1.62. The first-order valence-corrected chi connectivity index (χ1v) is 22.2. The summed E-state index contributed by atoms with van der Waals surface area (Å²) < 4.78 is 7.22. The number of benzene rings is 4. The molecule has 282 valence electrons. The van der Waals surface area contributed by atoms with Crippen LogP contribution in [0.3, 0.4) is 0 Å². The molecule has 0 bridgehead atoms. The highest BCUT2D eigenvalue weighted by Crippen LogP contribution is 2.67. The van der Waals surface area contributed by atoms with Gasteiger partial charge in [0.25, 0.3) is 0 Å². The standard InChI is InChI=1S/C52H68O/c1-7-11-15-21-31-51(32-22-16-12-8-2)42-35-37(5)27-29-39(42)45-46-41-25-19-20-26-44(41)53-50(46)47-40-30-28-38(6)36-43(40)52(49(47)48(45)51,33-23-17-13-9-3)34-24-18-14-10-4/h19-20,25-30,35-36H,7-18,21-24,31-34H2,1-6H3. The predicted octanol–water partition coefficient (Wildman–Crippen LogP) is 16.6. The van der Waals surface area contributed by atoms with Crippen LogP contribution in [0.5, 0.6) is 0 Å². The highest BCUT2D eigenvalue weighted by molar-refractivity contribution is 6.20. The van der Waals surface area contributed by atoms with E-state index in [0.717, 1.165) is 11.2 Å². The van der Waals surface area contributed by atoms with Crippen LogP contribution in [0.1, 0.15) is 189 Å². The lowest BCUT2D eigenvalue weighted by Crippen LogP contribution is -2.33. The Kier molecular flexibility index (Phi) is 11.9. The number of fused-ring (bicyclic) bond motifs is 12. The van der Waals surface area contributed by atoms with Gasteiger partial charge in [0.1, 0.15) is 11.2 Å². The minimum Gasteiger partial charge on any atom is -0.455 e. The Labute approximate surface area is 322 Å².